The quantitative estimate of drug-likeness (QED) is 0.575. The number of likely N-dealkylation sites (N-methyl/N-ethyl adjacent to an activating group) is 1. The molecule has 0 bridgehead atoms. The summed E-state index contributed by atoms with van der Waals surface area (Å²) in [6, 6.07) is -0.713. The molecule has 3 N–H and O–H groups in total. The van der Waals surface area contributed by atoms with E-state index in [-0.39, 0.29) is 18.0 Å². The third-order valence-electron chi connectivity index (χ3n) is 2.31. The van der Waals surface area contributed by atoms with E-state index in [9.17, 15) is 14.4 Å². The van der Waals surface area contributed by atoms with E-state index in [0.29, 0.717) is 6.54 Å². The van der Waals surface area contributed by atoms with E-state index in [0.717, 1.165) is 0 Å². The van der Waals surface area contributed by atoms with Crippen LogP contribution in [0, 0.1) is 0 Å². The van der Waals surface area contributed by atoms with Crippen molar-refractivity contribution < 1.29 is 24.3 Å². The summed E-state index contributed by atoms with van der Waals surface area (Å²) in [5.74, 6) is -2.10. The van der Waals surface area contributed by atoms with Gasteiger partial charge in [0.05, 0.1) is 0 Å². The van der Waals surface area contributed by atoms with E-state index < -0.39 is 24.0 Å². The molecule has 1 aliphatic rings. The molecule has 0 saturated heterocycles. The molecule has 0 fully saturated rings. The number of carbonyl (C=O) groups excluding carboxylic acids is 2. The van der Waals surface area contributed by atoms with Gasteiger partial charge in [-0.25, -0.2) is 4.79 Å². The maximum absolute atomic E-state index is 11.7. The maximum Gasteiger partial charge on any atom is 0.353 e. The summed E-state index contributed by atoms with van der Waals surface area (Å²) in [7, 11) is 0. The smallest absolute Gasteiger partial charge is 0.353 e. The third-order valence-corrected chi connectivity index (χ3v) is 2.31. The van der Waals surface area contributed by atoms with Crippen molar-refractivity contribution in [2.75, 3.05) is 6.54 Å². The van der Waals surface area contributed by atoms with Crippen LogP contribution in [0.4, 0.5) is 0 Å². The SMILES string of the molecule is CCNC(=O)C(C)NC(=O)C1CC(C(=O)O)=NO1. The summed E-state index contributed by atoms with van der Waals surface area (Å²) in [5.41, 5.74) is -0.208. The first-order valence-electron chi connectivity index (χ1n) is 5.49. The van der Waals surface area contributed by atoms with Crippen LogP contribution in [0.5, 0.6) is 0 Å². The fraction of sp³-hybridized carbons (Fsp3) is 0.600. The number of nitrogens with zero attached hydrogens (tertiary/aromatic N) is 1. The van der Waals surface area contributed by atoms with Crippen LogP contribution in [0.15, 0.2) is 5.16 Å². The molecule has 0 saturated carbocycles. The maximum atomic E-state index is 11.7. The molecule has 100 valence electrons. The highest BCUT2D eigenvalue weighted by Gasteiger charge is 2.32. The largest absolute Gasteiger partial charge is 0.477 e. The second-order valence-corrected chi connectivity index (χ2v) is 3.77. The van der Waals surface area contributed by atoms with E-state index in [1.807, 2.05) is 0 Å². The molecule has 1 aliphatic heterocycles. The molecular weight excluding hydrogens is 242 g/mol. The average molecular weight is 257 g/mol. The summed E-state index contributed by atoms with van der Waals surface area (Å²) in [6.07, 6.45) is -1.10. The molecule has 8 heteroatoms. The number of aliphatic carboxylic acids is 1. The van der Waals surface area contributed by atoms with Crippen LogP contribution >= 0.6 is 0 Å². The zero-order valence-corrected chi connectivity index (χ0v) is 10.1. The number of oxime groups is 1. The van der Waals surface area contributed by atoms with Crippen LogP contribution in [0.25, 0.3) is 0 Å². The van der Waals surface area contributed by atoms with Gasteiger partial charge in [-0.05, 0) is 13.8 Å². The monoisotopic (exact) mass is 257 g/mol. The van der Waals surface area contributed by atoms with Gasteiger partial charge < -0.3 is 20.6 Å². The van der Waals surface area contributed by atoms with Gasteiger partial charge in [-0.2, -0.15) is 0 Å². The molecule has 0 aromatic rings. The van der Waals surface area contributed by atoms with Gasteiger partial charge in [-0.15, -0.1) is 0 Å². The number of carboxylic acids is 1. The van der Waals surface area contributed by atoms with Gasteiger partial charge in [0, 0.05) is 13.0 Å². The highest BCUT2D eigenvalue weighted by atomic mass is 16.6. The van der Waals surface area contributed by atoms with Crippen LogP contribution in [-0.2, 0) is 19.2 Å². The Hall–Kier alpha value is -2.12. The molecule has 2 unspecified atom stereocenters. The first kappa shape index (κ1) is 13.9. The van der Waals surface area contributed by atoms with Crippen molar-refractivity contribution in [1.29, 1.82) is 0 Å². The zero-order chi connectivity index (χ0) is 13.7. The van der Waals surface area contributed by atoms with E-state index in [1.54, 1.807) is 6.92 Å². The lowest BCUT2D eigenvalue weighted by Gasteiger charge is -2.15. The Kier molecular flexibility index (Phi) is 4.64. The molecular formula is C10H15N3O5. The van der Waals surface area contributed by atoms with E-state index >= 15 is 0 Å². The highest BCUT2D eigenvalue weighted by Crippen LogP contribution is 2.10. The summed E-state index contributed by atoms with van der Waals surface area (Å²) in [5, 5.41) is 16.9. The Balaban J connectivity index is 2.44. The van der Waals surface area contributed by atoms with Crippen molar-refractivity contribution in [2.45, 2.75) is 32.4 Å². The average Bonchev–Trinajstić information content (AvgIpc) is 2.78. The lowest BCUT2D eigenvalue weighted by atomic mass is 10.1. The van der Waals surface area contributed by atoms with Crippen LogP contribution < -0.4 is 10.6 Å². The second kappa shape index (κ2) is 5.99. The zero-order valence-electron chi connectivity index (χ0n) is 10.1. The Morgan fingerprint density at radius 1 is 1.56 bits per heavy atom. The summed E-state index contributed by atoms with van der Waals surface area (Å²) in [6.45, 7) is 3.75. The third kappa shape index (κ3) is 3.44. The van der Waals surface area contributed by atoms with Gasteiger partial charge >= 0.3 is 5.97 Å². The number of amides is 2. The molecule has 2 amide bonds. The first-order chi connectivity index (χ1) is 8.45. The molecule has 0 radical (unpaired) electrons. The normalized spacial score (nSPS) is 19.4. The number of rotatable bonds is 5. The Morgan fingerprint density at radius 2 is 2.22 bits per heavy atom. The Labute approximate surface area is 103 Å². The first-order valence-corrected chi connectivity index (χ1v) is 5.49. The van der Waals surface area contributed by atoms with Gasteiger partial charge in [-0.1, -0.05) is 5.16 Å². The molecule has 18 heavy (non-hydrogen) atoms. The Bertz CT molecular complexity index is 393. The fourth-order valence-corrected chi connectivity index (χ4v) is 1.34. The van der Waals surface area contributed by atoms with Crippen molar-refractivity contribution in [2.24, 2.45) is 5.16 Å². The van der Waals surface area contributed by atoms with Gasteiger partial charge in [0.1, 0.15) is 6.04 Å². The lowest BCUT2D eigenvalue weighted by Crippen LogP contribution is -2.48. The van der Waals surface area contributed by atoms with Gasteiger partial charge in [-0.3, -0.25) is 9.59 Å². The van der Waals surface area contributed by atoms with Crippen molar-refractivity contribution in [1.82, 2.24) is 10.6 Å². The minimum Gasteiger partial charge on any atom is -0.477 e. The van der Waals surface area contributed by atoms with Crippen LogP contribution in [-0.4, -0.2) is 47.3 Å². The molecule has 1 heterocycles. The number of hydrogen-bond donors (Lipinski definition) is 3. The molecule has 2 atom stereocenters. The summed E-state index contributed by atoms with van der Waals surface area (Å²) in [4.78, 5) is 38.3. The molecule has 0 aliphatic carbocycles. The summed E-state index contributed by atoms with van der Waals surface area (Å²) >= 11 is 0. The second-order valence-electron chi connectivity index (χ2n) is 3.77. The van der Waals surface area contributed by atoms with Gasteiger partial charge in [0.15, 0.2) is 5.71 Å². The molecule has 1 rings (SSSR count). The molecule has 8 nitrogen and oxygen atoms in total. The Morgan fingerprint density at radius 3 is 2.72 bits per heavy atom. The van der Waals surface area contributed by atoms with Crippen molar-refractivity contribution in [3.05, 3.63) is 0 Å². The predicted octanol–water partition coefficient (Wildman–Crippen LogP) is -1.14. The number of hydrogen-bond acceptors (Lipinski definition) is 5. The van der Waals surface area contributed by atoms with Gasteiger partial charge in [0.25, 0.3) is 5.91 Å². The van der Waals surface area contributed by atoms with Gasteiger partial charge in [0.2, 0.25) is 12.0 Å². The van der Waals surface area contributed by atoms with E-state index in [2.05, 4.69) is 15.8 Å². The molecule has 0 aromatic heterocycles. The molecule has 0 spiro atoms. The summed E-state index contributed by atoms with van der Waals surface area (Å²) < 4.78 is 0. The topological polar surface area (TPSA) is 117 Å². The van der Waals surface area contributed by atoms with Crippen molar-refractivity contribution in [3.63, 3.8) is 0 Å². The van der Waals surface area contributed by atoms with Crippen LogP contribution in [0.1, 0.15) is 20.3 Å². The number of carbonyl (C=O) groups is 3. The highest BCUT2D eigenvalue weighted by molar-refractivity contribution is 6.36. The minimum atomic E-state index is -1.22. The minimum absolute atomic E-state index is 0.108. The number of nitrogens with one attached hydrogen (secondary N) is 2. The predicted molar refractivity (Wildman–Crippen MR) is 60.8 cm³/mol. The van der Waals surface area contributed by atoms with Crippen LogP contribution in [0.2, 0.25) is 0 Å². The standard InChI is InChI=1S/C10H15N3O5/c1-3-11-8(14)5(2)12-9(15)7-4-6(10(16)17)13-18-7/h5,7H,3-4H2,1-2H3,(H,11,14)(H,12,15)(H,16,17). The van der Waals surface area contributed by atoms with E-state index in [1.165, 1.54) is 6.92 Å². The number of carboxylic acid groups (broad SMARTS) is 1. The molecule has 0 aromatic carbocycles. The van der Waals surface area contributed by atoms with Crippen molar-refractivity contribution >= 4 is 23.5 Å². The fourth-order valence-electron chi connectivity index (χ4n) is 1.34. The van der Waals surface area contributed by atoms with E-state index in [4.69, 9.17) is 9.94 Å². The van der Waals surface area contributed by atoms with Crippen LogP contribution in [0.3, 0.4) is 0 Å². The van der Waals surface area contributed by atoms with Crippen molar-refractivity contribution in [3.8, 4) is 0 Å². The lowest BCUT2D eigenvalue weighted by molar-refractivity contribution is -0.135.